The molecule has 0 aliphatic carbocycles. The molecule has 2 heterocycles. The summed E-state index contributed by atoms with van der Waals surface area (Å²) < 4.78 is 6.91. The maximum Gasteiger partial charge on any atom is 0.260 e. The number of halogens is 1. The van der Waals surface area contributed by atoms with Crippen LogP contribution >= 0.6 is 27.3 Å². The van der Waals surface area contributed by atoms with Gasteiger partial charge in [-0.1, -0.05) is 46.8 Å². The Labute approximate surface area is 163 Å². The number of pyridine rings is 1. The molecule has 0 amide bonds. The van der Waals surface area contributed by atoms with Gasteiger partial charge in [0.15, 0.2) is 0 Å². The van der Waals surface area contributed by atoms with Gasteiger partial charge in [0.25, 0.3) is 5.56 Å². The van der Waals surface area contributed by atoms with Crippen molar-refractivity contribution in [2.24, 2.45) is 5.73 Å². The predicted octanol–water partition coefficient (Wildman–Crippen LogP) is 4.98. The lowest BCUT2D eigenvalue weighted by Crippen LogP contribution is -2.14. The van der Waals surface area contributed by atoms with Gasteiger partial charge in [0.2, 0.25) is 0 Å². The summed E-state index contributed by atoms with van der Waals surface area (Å²) in [6.45, 7) is 3.79. The minimum absolute atomic E-state index is 0.172. The minimum atomic E-state index is -0.189. The second kappa shape index (κ2) is 8.21. The molecule has 0 aliphatic rings. The Bertz CT molecular complexity index is 1050. The fraction of sp³-hybridized carbons (Fsp3) is 0.0500. The van der Waals surface area contributed by atoms with Crippen LogP contribution in [0.4, 0.5) is 0 Å². The summed E-state index contributed by atoms with van der Waals surface area (Å²) in [4.78, 5) is 16.5. The Kier molecular flexibility index (Phi) is 5.75. The number of nitrogens with two attached hydrogens (primary N) is 1. The van der Waals surface area contributed by atoms with E-state index in [2.05, 4.69) is 27.5 Å². The highest BCUT2D eigenvalue weighted by Gasteiger charge is 2.17. The Balaban J connectivity index is 2.11. The van der Waals surface area contributed by atoms with Crippen LogP contribution in [-0.4, -0.2) is 11.6 Å². The number of H-pyrrole nitrogens is 1. The smallest absolute Gasteiger partial charge is 0.260 e. The monoisotopic (exact) mass is 428 g/mol. The first-order valence-corrected chi connectivity index (χ1v) is 9.53. The zero-order valence-corrected chi connectivity index (χ0v) is 16.3. The summed E-state index contributed by atoms with van der Waals surface area (Å²) >= 11 is 4.97. The lowest BCUT2D eigenvalue weighted by molar-refractivity contribution is 0.355. The van der Waals surface area contributed by atoms with Gasteiger partial charge in [0, 0.05) is 20.4 Å². The first-order chi connectivity index (χ1) is 12.6. The van der Waals surface area contributed by atoms with E-state index in [1.165, 1.54) is 11.3 Å². The Morgan fingerprint density at radius 1 is 1.35 bits per heavy atom. The largest absolute Gasteiger partial charge is 0.486 e. The van der Waals surface area contributed by atoms with E-state index in [1.54, 1.807) is 24.3 Å². The third-order valence-corrected chi connectivity index (χ3v) is 5.02. The molecule has 1 aromatic carbocycles. The first kappa shape index (κ1) is 18.2. The number of aromatic nitrogens is 1. The second-order valence-electron chi connectivity index (χ2n) is 5.48. The molecule has 132 valence electrons. The Morgan fingerprint density at radius 2 is 2.19 bits per heavy atom. The second-order valence-corrected chi connectivity index (χ2v) is 7.34. The van der Waals surface area contributed by atoms with Gasteiger partial charge in [0.1, 0.15) is 12.4 Å². The lowest BCUT2D eigenvalue weighted by atomic mass is 10.1. The maximum atomic E-state index is 12.7. The first-order valence-electron chi connectivity index (χ1n) is 7.86. The van der Waals surface area contributed by atoms with E-state index in [1.807, 2.05) is 35.7 Å². The van der Waals surface area contributed by atoms with Crippen LogP contribution in [-0.2, 0) is 0 Å². The number of thiophene rings is 1. The van der Waals surface area contributed by atoms with Crippen LogP contribution in [0.2, 0.25) is 0 Å². The molecule has 0 spiro atoms. The van der Waals surface area contributed by atoms with Crippen LogP contribution in [0, 0.1) is 0 Å². The third-order valence-electron chi connectivity index (χ3n) is 3.64. The Hall–Kier alpha value is -2.57. The van der Waals surface area contributed by atoms with Crippen LogP contribution < -0.4 is 16.0 Å². The average molecular weight is 429 g/mol. The highest BCUT2D eigenvalue weighted by Crippen LogP contribution is 2.36. The number of benzene rings is 1. The number of rotatable bonds is 6. The van der Waals surface area contributed by atoms with E-state index in [4.69, 9.17) is 10.5 Å². The molecule has 3 aromatic rings. The topological polar surface area (TPSA) is 68.1 Å². The van der Waals surface area contributed by atoms with Crippen molar-refractivity contribution in [2.75, 3.05) is 6.61 Å². The molecule has 6 heteroatoms. The van der Waals surface area contributed by atoms with E-state index < -0.39 is 0 Å². The molecular weight excluding hydrogens is 412 g/mol. The quantitative estimate of drug-likeness (QED) is 0.543. The third kappa shape index (κ3) is 3.98. The summed E-state index contributed by atoms with van der Waals surface area (Å²) in [5.41, 5.74) is 7.58. The molecule has 3 rings (SSSR count). The fourth-order valence-corrected chi connectivity index (χ4v) is 3.62. The summed E-state index contributed by atoms with van der Waals surface area (Å²) in [5.74, 6) is 0.525. The molecule has 0 atom stereocenters. The van der Waals surface area contributed by atoms with Gasteiger partial charge < -0.3 is 15.5 Å². The Morgan fingerprint density at radius 3 is 2.92 bits per heavy atom. The predicted molar refractivity (Wildman–Crippen MR) is 113 cm³/mol. The normalized spacial score (nSPS) is 12.0. The lowest BCUT2D eigenvalue weighted by Gasteiger charge is -2.13. The summed E-state index contributed by atoms with van der Waals surface area (Å²) in [5, 5.41) is 2.75. The standard InChI is InChI=1S/C20H17BrN2O2S/c1-2-3-4-6-14(22)12-25-19-15-11-13(21)8-9-16(15)23-20(24)18(19)17-7-5-10-26-17/h2-11H,1,12,22H2,(H,23,24)/b4-3-,14-6-. The summed E-state index contributed by atoms with van der Waals surface area (Å²) in [7, 11) is 0. The molecule has 4 nitrogen and oxygen atoms in total. The van der Waals surface area contributed by atoms with Gasteiger partial charge in [-0.25, -0.2) is 0 Å². The van der Waals surface area contributed by atoms with E-state index in [0.717, 1.165) is 14.7 Å². The van der Waals surface area contributed by atoms with Gasteiger partial charge in [-0.3, -0.25) is 4.79 Å². The number of ether oxygens (including phenoxy) is 1. The van der Waals surface area contributed by atoms with Crippen molar-refractivity contribution in [1.29, 1.82) is 0 Å². The van der Waals surface area contributed by atoms with Gasteiger partial charge in [-0.15, -0.1) is 11.3 Å². The maximum absolute atomic E-state index is 12.7. The number of aromatic amines is 1. The molecule has 0 saturated carbocycles. The molecule has 0 aliphatic heterocycles. The van der Waals surface area contributed by atoms with E-state index in [9.17, 15) is 4.79 Å². The van der Waals surface area contributed by atoms with Crippen LogP contribution in [0.25, 0.3) is 21.3 Å². The average Bonchev–Trinajstić information content (AvgIpc) is 3.14. The van der Waals surface area contributed by atoms with Crippen molar-refractivity contribution >= 4 is 38.2 Å². The highest BCUT2D eigenvalue weighted by atomic mass is 79.9. The number of hydrogen-bond acceptors (Lipinski definition) is 4. The van der Waals surface area contributed by atoms with Crippen molar-refractivity contribution in [3.63, 3.8) is 0 Å². The van der Waals surface area contributed by atoms with Crippen LogP contribution in [0.5, 0.6) is 5.75 Å². The van der Waals surface area contributed by atoms with Crippen molar-refractivity contribution in [3.8, 4) is 16.2 Å². The summed E-state index contributed by atoms with van der Waals surface area (Å²) in [6, 6.07) is 9.45. The molecule has 3 N–H and O–H groups in total. The molecule has 0 radical (unpaired) electrons. The minimum Gasteiger partial charge on any atom is -0.486 e. The van der Waals surface area contributed by atoms with Crippen LogP contribution in [0.15, 0.2) is 81.6 Å². The number of hydrogen-bond donors (Lipinski definition) is 2. The van der Waals surface area contributed by atoms with Crippen LogP contribution in [0.3, 0.4) is 0 Å². The number of allylic oxidation sites excluding steroid dienone is 4. The molecule has 26 heavy (non-hydrogen) atoms. The highest BCUT2D eigenvalue weighted by molar-refractivity contribution is 9.10. The van der Waals surface area contributed by atoms with Gasteiger partial charge in [0.05, 0.1) is 11.1 Å². The SMILES string of the molecule is C=C/C=C\C=C(/N)COc1c(-c2cccs2)c(=O)[nH]c2ccc(Br)cc12. The summed E-state index contributed by atoms with van der Waals surface area (Å²) in [6.07, 6.45) is 6.99. The number of nitrogens with one attached hydrogen (secondary N) is 1. The van der Waals surface area contributed by atoms with Crippen molar-refractivity contribution < 1.29 is 4.74 Å². The molecule has 0 saturated heterocycles. The van der Waals surface area contributed by atoms with E-state index in [0.29, 0.717) is 22.5 Å². The zero-order valence-electron chi connectivity index (χ0n) is 13.9. The molecule has 0 bridgehead atoms. The molecule has 0 unspecified atom stereocenters. The van der Waals surface area contributed by atoms with Gasteiger partial charge >= 0.3 is 0 Å². The molecule has 0 fully saturated rings. The van der Waals surface area contributed by atoms with Crippen molar-refractivity contribution in [2.45, 2.75) is 0 Å². The van der Waals surface area contributed by atoms with Crippen LogP contribution in [0.1, 0.15) is 0 Å². The fourth-order valence-electron chi connectivity index (χ4n) is 2.49. The van der Waals surface area contributed by atoms with Crippen molar-refractivity contribution in [1.82, 2.24) is 4.98 Å². The number of fused-ring (bicyclic) bond motifs is 1. The zero-order chi connectivity index (χ0) is 18.5. The van der Waals surface area contributed by atoms with Gasteiger partial charge in [-0.2, -0.15) is 0 Å². The van der Waals surface area contributed by atoms with E-state index >= 15 is 0 Å². The molecular formula is C20H17BrN2O2S. The van der Waals surface area contributed by atoms with E-state index in [-0.39, 0.29) is 12.2 Å². The van der Waals surface area contributed by atoms with Gasteiger partial charge in [-0.05, 0) is 35.7 Å². The van der Waals surface area contributed by atoms with Crippen molar-refractivity contribution in [3.05, 3.63) is 87.1 Å². The molecule has 2 aromatic heterocycles.